The first-order chi connectivity index (χ1) is 15.1. The van der Waals surface area contributed by atoms with Gasteiger partial charge in [-0.3, -0.25) is 23.7 Å². The van der Waals surface area contributed by atoms with Gasteiger partial charge in [0.25, 0.3) is 5.56 Å². The summed E-state index contributed by atoms with van der Waals surface area (Å²) in [5.41, 5.74) is 1.25. The Bertz CT molecular complexity index is 1130. The van der Waals surface area contributed by atoms with Crippen LogP contribution < -0.4 is 16.1 Å². The smallest absolute Gasteiger partial charge is 0.330 e. The molecule has 0 atom stereocenters. The highest BCUT2D eigenvalue weighted by atomic mass is 16.2. The van der Waals surface area contributed by atoms with E-state index >= 15 is 0 Å². The third kappa shape index (κ3) is 5.16. The maximum absolute atomic E-state index is 12.8. The van der Waals surface area contributed by atoms with Gasteiger partial charge in [-0.2, -0.15) is 0 Å². The first kappa shape index (κ1) is 20.7. The summed E-state index contributed by atoms with van der Waals surface area (Å²) in [6, 6.07) is 14.9. The normalized spacial score (nSPS) is 14.5. The van der Waals surface area contributed by atoms with Crippen molar-refractivity contribution in [3.8, 4) is 0 Å². The van der Waals surface area contributed by atoms with Gasteiger partial charge in [0.2, 0.25) is 5.91 Å². The van der Waals surface area contributed by atoms with Gasteiger partial charge in [-0.25, -0.2) is 4.79 Å². The third-order valence-corrected chi connectivity index (χ3v) is 5.66. The number of piperazine rings is 1. The summed E-state index contributed by atoms with van der Waals surface area (Å²) in [6.07, 6.45) is 5.06. The van der Waals surface area contributed by atoms with Crippen LogP contribution >= 0.6 is 0 Å². The fourth-order valence-corrected chi connectivity index (χ4v) is 3.88. The molecule has 1 N–H and O–H groups in total. The third-order valence-electron chi connectivity index (χ3n) is 5.66. The highest BCUT2D eigenvalue weighted by Crippen LogP contribution is 2.00. The van der Waals surface area contributed by atoms with Crippen LogP contribution in [-0.2, 0) is 24.4 Å². The molecule has 1 aliphatic rings. The van der Waals surface area contributed by atoms with Crippen LogP contribution in [0.4, 0.5) is 0 Å². The minimum Gasteiger partial charge on any atom is -0.330 e. The average molecular weight is 420 g/mol. The second kappa shape index (κ2) is 9.53. The van der Waals surface area contributed by atoms with Crippen LogP contribution in [0, 0.1) is 0 Å². The lowest BCUT2D eigenvalue weighted by Crippen LogP contribution is -3.13. The van der Waals surface area contributed by atoms with Crippen LogP contribution in [0.5, 0.6) is 0 Å². The monoisotopic (exact) mass is 420 g/mol. The lowest BCUT2D eigenvalue weighted by atomic mass is 10.2. The van der Waals surface area contributed by atoms with Crippen molar-refractivity contribution in [3.05, 3.63) is 99.1 Å². The second-order valence-electron chi connectivity index (χ2n) is 7.80. The van der Waals surface area contributed by atoms with Crippen molar-refractivity contribution in [2.24, 2.45) is 0 Å². The van der Waals surface area contributed by atoms with Crippen LogP contribution in [-0.4, -0.2) is 51.1 Å². The first-order valence-electron chi connectivity index (χ1n) is 10.4. The van der Waals surface area contributed by atoms with Crippen LogP contribution in [0.2, 0.25) is 0 Å². The molecule has 1 aliphatic heterocycles. The molecule has 1 amide bonds. The fraction of sp³-hybridized carbons (Fsp3) is 0.304. The molecule has 8 nitrogen and oxygen atoms in total. The molecule has 1 aromatic carbocycles. The number of hydrogen-bond donors (Lipinski definition) is 1. The molecule has 0 saturated carbocycles. The average Bonchev–Trinajstić information content (AvgIpc) is 2.80. The molecule has 2 aromatic heterocycles. The first-order valence-corrected chi connectivity index (χ1v) is 10.4. The largest absolute Gasteiger partial charge is 0.331 e. The maximum Gasteiger partial charge on any atom is 0.331 e. The number of hydrogen-bond acceptors (Lipinski definition) is 4. The number of nitrogens with one attached hydrogen (secondary N) is 1. The molecule has 0 unspecified atom stereocenters. The van der Waals surface area contributed by atoms with Gasteiger partial charge in [-0.15, -0.1) is 0 Å². The fourth-order valence-electron chi connectivity index (χ4n) is 3.88. The number of carbonyl (C=O) groups is 1. The lowest BCUT2D eigenvalue weighted by molar-refractivity contribution is -0.917. The molecular formula is C23H26N5O3+. The number of nitrogens with zero attached hydrogens (tertiary/aromatic N) is 4. The van der Waals surface area contributed by atoms with E-state index in [1.165, 1.54) is 27.3 Å². The van der Waals surface area contributed by atoms with Crippen LogP contribution in [0.3, 0.4) is 0 Å². The van der Waals surface area contributed by atoms with E-state index in [0.717, 1.165) is 29.8 Å². The molecule has 0 spiro atoms. The minimum absolute atomic E-state index is 0.195. The van der Waals surface area contributed by atoms with Gasteiger partial charge < -0.3 is 9.80 Å². The SMILES string of the molecule is O=C(Cn1c(=O)ccn(Cc2ccccc2)c1=O)N1CC[NH+](Cc2ccncc2)CC1. The van der Waals surface area contributed by atoms with E-state index in [1.54, 1.807) is 17.3 Å². The molecule has 3 aromatic rings. The summed E-state index contributed by atoms with van der Waals surface area (Å²) in [5.74, 6) is -0.195. The van der Waals surface area contributed by atoms with Gasteiger partial charge in [0.15, 0.2) is 0 Å². The Labute approximate surface area is 180 Å². The van der Waals surface area contributed by atoms with Gasteiger partial charge in [-0.1, -0.05) is 30.3 Å². The highest BCUT2D eigenvalue weighted by Gasteiger charge is 2.24. The molecular weight excluding hydrogens is 394 g/mol. The standard InChI is InChI=1S/C23H25N5O3/c29-21-8-11-27(17-19-4-2-1-3-5-19)23(31)28(21)18-22(30)26-14-12-25(13-15-26)16-20-6-9-24-10-7-20/h1-11H,12-18H2/p+1. The zero-order valence-corrected chi connectivity index (χ0v) is 17.3. The van der Waals surface area contributed by atoms with Crippen molar-refractivity contribution >= 4 is 5.91 Å². The van der Waals surface area contributed by atoms with E-state index in [9.17, 15) is 14.4 Å². The van der Waals surface area contributed by atoms with Crippen molar-refractivity contribution in [2.45, 2.75) is 19.6 Å². The van der Waals surface area contributed by atoms with Crippen molar-refractivity contribution in [2.75, 3.05) is 26.2 Å². The van der Waals surface area contributed by atoms with E-state index in [4.69, 9.17) is 0 Å². The highest BCUT2D eigenvalue weighted by molar-refractivity contribution is 5.76. The van der Waals surface area contributed by atoms with Crippen LogP contribution in [0.15, 0.2) is 76.7 Å². The summed E-state index contributed by atoms with van der Waals surface area (Å²) in [6.45, 7) is 3.90. The minimum atomic E-state index is -0.466. The van der Waals surface area contributed by atoms with Gasteiger partial charge in [0.1, 0.15) is 13.1 Å². The molecule has 4 rings (SSSR count). The van der Waals surface area contributed by atoms with Gasteiger partial charge in [-0.05, 0) is 17.7 Å². The summed E-state index contributed by atoms with van der Waals surface area (Å²) >= 11 is 0. The Morgan fingerprint density at radius 2 is 1.65 bits per heavy atom. The lowest BCUT2D eigenvalue weighted by Gasteiger charge is -2.32. The number of pyridine rings is 1. The zero-order valence-electron chi connectivity index (χ0n) is 17.3. The Balaban J connectivity index is 1.39. The van der Waals surface area contributed by atoms with Crippen LogP contribution in [0.1, 0.15) is 11.1 Å². The second-order valence-corrected chi connectivity index (χ2v) is 7.80. The Morgan fingerprint density at radius 1 is 0.935 bits per heavy atom. The number of rotatable bonds is 6. The predicted octanol–water partition coefficient (Wildman–Crippen LogP) is -0.619. The quantitative estimate of drug-likeness (QED) is 0.576. The zero-order chi connectivity index (χ0) is 21.6. The van der Waals surface area contributed by atoms with Gasteiger partial charge in [0, 0.05) is 30.2 Å². The number of amides is 1. The molecule has 3 heterocycles. The number of quaternary nitrogens is 1. The molecule has 0 aliphatic carbocycles. The molecule has 31 heavy (non-hydrogen) atoms. The number of aromatic nitrogens is 3. The van der Waals surface area contributed by atoms with E-state index in [-0.39, 0.29) is 12.5 Å². The van der Waals surface area contributed by atoms with Crippen molar-refractivity contribution in [1.82, 2.24) is 19.0 Å². The molecule has 0 bridgehead atoms. The topological polar surface area (TPSA) is 81.6 Å². The molecule has 1 fully saturated rings. The number of benzene rings is 1. The summed E-state index contributed by atoms with van der Waals surface area (Å²) in [4.78, 5) is 45.1. The summed E-state index contributed by atoms with van der Waals surface area (Å²) in [5, 5.41) is 0. The van der Waals surface area contributed by atoms with Gasteiger partial charge in [0.05, 0.1) is 32.7 Å². The predicted molar refractivity (Wildman–Crippen MR) is 116 cm³/mol. The van der Waals surface area contributed by atoms with Crippen LogP contribution in [0.25, 0.3) is 0 Å². The van der Waals surface area contributed by atoms with Crippen molar-refractivity contribution in [3.63, 3.8) is 0 Å². The molecule has 1 saturated heterocycles. The van der Waals surface area contributed by atoms with Gasteiger partial charge >= 0.3 is 5.69 Å². The van der Waals surface area contributed by atoms with E-state index in [2.05, 4.69) is 4.98 Å². The number of carbonyl (C=O) groups excluding carboxylic acids is 1. The van der Waals surface area contributed by atoms with E-state index in [1.807, 2.05) is 42.5 Å². The molecule has 0 radical (unpaired) electrons. The van der Waals surface area contributed by atoms with E-state index < -0.39 is 11.2 Å². The van der Waals surface area contributed by atoms with E-state index in [0.29, 0.717) is 19.6 Å². The summed E-state index contributed by atoms with van der Waals surface area (Å²) < 4.78 is 2.49. The molecule has 160 valence electrons. The molecule has 8 heteroatoms. The maximum atomic E-state index is 12.8. The Kier molecular flexibility index (Phi) is 6.37. The Hall–Kier alpha value is -3.52. The van der Waals surface area contributed by atoms with Crippen molar-refractivity contribution in [1.29, 1.82) is 0 Å². The Morgan fingerprint density at radius 3 is 2.35 bits per heavy atom. The summed E-state index contributed by atoms with van der Waals surface area (Å²) in [7, 11) is 0. The van der Waals surface area contributed by atoms with Crippen molar-refractivity contribution < 1.29 is 9.69 Å².